The number of rotatable bonds is 9. The van der Waals surface area contributed by atoms with Gasteiger partial charge < -0.3 is 30.0 Å². The minimum atomic E-state index is -4.88. The van der Waals surface area contributed by atoms with Crippen molar-refractivity contribution in [2.45, 2.75) is 63.5 Å². The van der Waals surface area contributed by atoms with Crippen molar-refractivity contribution in [3.63, 3.8) is 0 Å². The molecule has 232 valence electrons. The number of anilines is 1. The van der Waals surface area contributed by atoms with Gasteiger partial charge in [-0.3, -0.25) is 14.4 Å². The number of carboxylic acids is 1. The minimum Gasteiger partial charge on any atom is -0.496 e. The van der Waals surface area contributed by atoms with Gasteiger partial charge in [-0.15, -0.1) is 13.2 Å². The zero-order chi connectivity index (χ0) is 30.9. The molecule has 3 aliphatic carbocycles. The van der Waals surface area contributed by atoms with E-state index >= 15 is 0 Å². The van der Waals surface area contributed by atoms with Crippen molar-refractivity contribution in [3.05, 3.63) is 47.8 Å². The fourth-order valence-corrected chi connectivity index (χ4v) is 6.68. The lowest BCUT2D eigenvalue weighted by molar-refractivity contribution is -0.274. The summed E-state index contributed by atoms with van der Waals surface area (Å²) in [5.74, 6) is -4.41. The molecule has 5 rings (SSSR count). The molecule has 4 atom stereocenters. The maximum absolute atomic E-state index is 14.9. The Balaban J connectivity index is 1.30. The van der Waals surface area contributed by atoms with Crippen molar-refractivity contribution >= 4 is 23.5 Å². The molecule has 0 spiro atoms. The van der Waals surface area contributed by atoms with Crippen molar-refractivity contribution in [3.8, 4) is 17.2 Å². The van der Waals surface area contributed by atoms with Crippen LogP contribution in [0.25, 0.3) is 0 Å². The van der Waals surface area contributed by atoms with Gasteiger partial charge in [0.2, 0.25) is 5.91 Å². The summed E-state index contributed by atoms with van der Waals surface area (Å²) in [6.07, 6.45) is -1.36. The lowest BCUT2D eigenvalue weighted by Crippen LogP contribution is -2.48. The molecule has 43 heavy (non-hydrogen) atoms. The maximum atomic E-state index is 14.9. The van der Waals surface area contributed by atoms with Crippen molar-refractivity contribution in [2.24, 2.45) is 23.7 Å². The SMILES string of the molecule is COc1cc(F)c(OC2CCC(C(=O)O)CC2)cc1C(=O)N[C@@H]1[C@H]2CC[C@H](C2)[C@@H]1C(=O)Nc1cccc(OC(F)(F)F)c1. The summed E-state index contributed by atoms with van der Waals surface area (Å²) >= 11 is 0. The highest BCUT2D eigenvalue weighted by atomic mass is 19.4. The van der Waals surface area contributed by atoms with Crippen LogP contribution in [0.2, 0.25) is 0 Å². The number of amides is 2. The Hall–Kier alpha value is -4.03. The van der Waals surface area contributed by atoms with Gasteiger partial charge in [-0.25, -0.2) is 4.39 Å². The highest BCUT2D eigenvalue weighted by Crippen LogP contribution is 2.49. The lowest BCUT2D eigenvalue weighted by Gasteiger charge is -2.31. The molecule has 2 bridgehead atoms. The fourth-order valence-electron chi connectivity index (χ4n) is 6.68. The first kappa shape index (κ1) is 30.4. The Labute approximate surface area is 244 Å². The third kappa shape index (κ3) is 6.97. The number of nitrogens with one attached hydrogen (secondary N) is 2. The van der Waals surface area contributed by atoms with E-state index in [0.29, 0.717) is 32.1 Å². The molecule has 9 nitrogen and oxygen atoms in total. The fraction of sp³-hybridized carbons (Fsp3) is 0.500. The first-order chi connectivity index (χ1) is 20.4. The Morgan fingerprint density at radius 3 is 2.35 bits per heavy atom. The number of halogens is 4. The summed E-state index contributed by atoms with van der Waals surface area (Å²) in [6, 6.07) is 6.71. The van der Waals surface area contributed by atoms with E-state index in [2.05, 4.69) is 15.4 Å². The van der Waals surface area contributed by atoms with Crippen LogP contribution in [0.4, 0.5) is 23.2 Å². The Bertz CT molecular complexity index is 1380. The second-order valence-corrected chi connectivity index (χ2v) is 11.3. The molecule has 3 aliphatic rings. The van der Waals surface area contributed by atoms with Crippen LogP contribution >= 0.6 is 0 Å². The summed E-state index contributed by atoms with van der Waals surface area (Å²) in [5, 5.41) is 14.8. The van der Waals surface area contributed by atoms with Crippen LogP contribution in [-0.2, 0) is 9.59 Å². The number of hydrogen-bond donors (Lipinski definition) is 3. The predicted molar refractivity (Wildman–Crippen MR) is 144 cm³/mol. The number of benzene rings is 2. The van der Waals surface area contributed by atoms with E-state index in [4.69, 9.17) is 9.47 Å². The first-order valence-corrected chi connectivity index (χ1v) is 14.2. The molecule has 3 N–H and O–H groups in total. The summed E-state index contributed by atoms with van der Waals surface area (Å²) in [5.41, 5.74) is 0.135. The van der Waals surface area contributed by atoms with Crippen molar-refractivity contribution < 1.29 is 51.3 Å². The van der Waals surface area contributed by atoms with Gasteiger partial charge >= 0.3 is 12.3 Å². The summed E-state index contributed by atoms with van der Waals surface area (Å²) < 4.78 is 67.9. The Morgan fingerprint density at radius 2 is 1.67 bits per heavy atom. The van der Waals surface area contributed by atoms with Crippen LogP contribution in [-0.4, -0.2) is 48.5 Å². The van der Waals surface area contributed by atoms with Crippen molar-refractivity contribution in [1.82, 2.24) is 5.32 Å². The highest BCUT2D eigenvalue weighted by Gasteiger charge is 2.51. The highest BCUT2D eigenvalue weighted by molar-refractivity contribution is 5.99. The molecule has 3 fully saturated rings. The van der Waals surface area contributed by atoms with Crippen LogP contribution in [0.3, 0.4) is 0 Å². The van der Waals surface area contributed by atoms with Gasteiger partial charge in [0.05, 0.1) is 30.6 Å². The second kappa shape index (κ2) is 12.3. The van der Waals surface area contributed by atoms with E-state index in [1.165, 1.54) is 25.3 Å². The van der Waals surface area contributed by atoms with Crippen LogP contribution in [0, 0.1) is 29.5 Å². The van der Waals surface area contributed by atoms with E-state index in [9.17, 15) is 37.1 Å². The first-order valence-electron chi connectivity index (χ1n) is 14.2. The van der Waals surface area contributed by atoms with E-state index in [-0.39, 0.29) is 34.6 Å². The van der Waals surface area contributed by atoms with Gasteiger partial charge in [0.1, 0.15) is 11.5 Å². The van der Waals surface area contributed by atoms with E-state index in [0.717, 1.165) is 31.0 Å². The number of fused-ring (bicyclic) bond motifs is 2. The van der Waals surface area contributed by atoms with E-state index in [1.807, 2.05) is 0 Å². The average Bonchev–Trinajstić information content (AvgIpc) is 3.55. The number of aliphatic carboxylic acids is 1. The zero-order valence-electron chi connectivity index (χ0n) is 23.3. The lowest BCUT2D eigenvalue weighted by atomic mass is 9.83. The number of ether oxygens (including phenoxy) is 3. The molecular formula is C30H32F4N2O7. The van der Waals surface area contributed by atoms with Crippen molar-refractivity contribution in [1.29, 1.82) is 0 Å². The van der Waals surface area contributed by atoms with E-state index < -0.39 is 59.7 Å². The smallest absolute Gasteiger partial charge is 0.496 e. The van der Waals surface area contributed by atoms with Crippen LogP contribution in [0.15, 0.2) is 36.4 Å². The zero-order valence-corrected chi connectivity index (χ0v) is 23.3. The third-order valence-corrected chi connectivity index (χ3v) is 8.67. The van der Waals surface area contributed by atoms with E-state index in [1.54, 1.807) is 0 Å². The maximum Gasteiger partial charge on any atom is 0.573 e. The molecule has 3 saturated carbocycles. The molecule has 0 radical (unpaired) electrons. The Kier molecular flexibility index (Phi) is 8.70. The molecule has 0 aliphatic heterocycles. The largest absolute Gasteiger partial charge is 0.573 e. The van der Waals surface area contributed by atoms with Gasteiger partial charge in [0.15, 0.2) is 11.6 Å². The monoisotopic (exact) mass is 608 g/mol. The molecule has 13 heteroatoms. The average molecular weight is 609 g/mol. The number of methoxy groups -OCH3 is 1. The molecule has 0 unspecified atom stereocenters. The van der Waals surface area contributed by atoms with Gasteiger partial charge in [-0.05, 0) is 75.0 Å². The number of carbonyl (C=O) groups is 3. The number of carboxylic acid groups (broad SMARTS) is 1. The molecular weight excluding hydrogens is 576 g/mol. The summed E-state index contributed by atoms with van der Waals surface area (Å²) in [6.45, 7) is 0. The van der Waals surface area contributed by atoms with Crippen LogP contribution in [0.1, 0.15) is 55.3 Å². The topological polar surface area (TPSA) is 123 Å². The molecule has 2 amide bonds. The van der Waals surface area contributed by atoms with Gasteiger partial charge in [0.25, 0.3) is 5.91 Å². The normalized spacial score (nSPS) is 26.4. The quantitative estimate of drug-likeness (QED) is 0.320. The van der Waals surface area contributed by atoms with Gasteiger partial charge in [-0.2, -0.15) is 0 Å². The molecule has 2 aromatic carbocycles. The standard InChI is InChI=1S/C30H32F4N2O7/c1-41-23-14-22(31)24(42-19-9-7-15(8-10-19)29(39)40)13-21(23)27(37)36-26-17-6-5-16(11-17)25(26)28(38)35-18-3-2-4-20(12-18)43-30(32,33)34/h2-4,12-17,19,25-26H,5-11H2,1H3,(H,35,38)(H,36,37)(H,39,40)/t15?,16-,17+,19?,25+,26-/m1/s1. The van der Waals surface area contributed by atoms with Crippen LogP contribution < -0.4 is 24.8 Å². The molecule has 2 aromatic rings. The second-order valence-electron chi connectivity index (χ2n) is 11.3. The summed E-state index contributed by atoms with van der Waals surface area (Å²) in [4.78, 5) is 38.2. The molecule has 0 heterocycles. The van der Waals surface area contributed by atoms with Gasteiger partial charge in [-0.1, -0.05) is 6.07 Å². The number of hydrogen-bond acceptors (Lipinski definition) is 6. The number of alkyl halides is 3. The predicted octanol–water partition coefficient (Wildman–Crippen LogP) is 5.54. The molecule has 0 aromatic heterocycles. The minimum absolute atomic E-state index is 0.0104. The van der Waals surface area contributed by atoms with Crippen molar-refractivity contribution in [2.75, 3.05) is 12.4 Å². The Morgan fingerprint density at radius 1 is 0.953 bits per heavy atom. The number of carbonyl (C=O) groups excluding carboxylic acids is 2. The van der Waals surface area contributed by atoms with Crippen LogP contribution in [0.5, 0.6) is 17.2 Å². The third-order valence-electron chi connectivity index (χ3n) is 8.67. The molecule has 0 saturated heterocycles. The summed E-state index contributed by atoms with van der Waals surface area (Å²) in [7, 11) is 1.30. The van der Waals surface area contributed by atoms with Gasteiger partial charge in [0, 0.05) is 23.9 Å².